The molecule has 0 radical (unpaired) electrons. The summed E-state index contributed by atoms with van der Waals surface area (Å²) in [6.45, 7) is 9.49. The number of rotatable bonds is 10. The summed E-state index contributed by atoms with van der Waals surface area (Å²) in [5.74, 6) is -3.91. The monoisotopic (exact) mass is 516 g/mol. The largest absolute Gasteiger partial charge is 0.490 e. The second-order valence-electron chi connectivity index (χ2n) is 9.57. The fourth-order valence-electron chi connectivity index (χ4n) is 3.76. The van der Waals surface area contributed by atoms with Crippen LogP contribution in [0.25, 0.3) is 10.9 Å². The lowest BCUT2D eigenvalue weighted by atomic mass is 9.91. The highest BCUT2D eigenvalue weighted by atomic mass is 19.3. The number of nitrogens with one attached hydrogen (secondary N) is 1. The molecule has 0 unspecified atom stereocenters. The summed E-state index contributed by atoms with van der Waals surface area (Å²) >= 11 is 0. The van der Waals surface area contributed by atoms with Crippen LogP contribution in [0.2, 0.25) is 0 Å². The Kier molecular flexibility index (Phi) is 8.30. The molecule has 0 saturated heterocycles. The molecule has 0 spiro atoms. The third kappa shape index (κ3) is 6.12. The molecular weight excluding hydrogens is 485 g/mol. The van der Waals surface area contributed by atoms with Crippen molar-refractivity contribution in [1.29, 1.82) is 5.26 Å². The lowest BCUT2D eigenvalue weighted by Gasteiger charge is -2.30. The molecule has 0 aliphatic carbocycles. The molecule has 1 heterocycles. The maximum Gasteiger partial charge on any atom is 0.303 e. The Labute approximate surface area is 214 Å². The topological polar surface area (TPSA) is 100 Å². The van der Waals surface area contributed by atoms with Crippen LogP contribution in [0.1, 0.15) is 63.2 Å². The van der Waals surface area contributed by atoms with Gasteiger partial charge >= 0.3 is 5.92 Å². The highest BCUT2D eigenvalue weighted by Crippen LogP contribution is 2.41. The molecule has 10 heteroatoms. The van der Waals surface area contributed by atoms with Gasteiger partial charge in [-0.05, 0) is 59.7 Å². The van der Waals surface area contributed by atoms with Crippen LogP contribution in [-0.2, 0) is 10.7 Å². The quantitative estimate of drug-likeness (QED) is 0.329. The smallest absolute Gasteiger partial charge is 0.303 e. The van der Waals surface area contributed by atoms with Gasteiger partial charge in [0.15, 0.2) is 0 Å². The Morgan fingerprint density at radius 3 is 2.46 bits per heavy atom. The molecule has 0 fully saturated rings. The molecule has 37 heavy (non-hydrogen) atoms. The Morgan fingerprint density at radius 1 is 1.14 bits per heavy atom. The molecular formula is C27H31F3N4O3. The summed E-state index contributed by atoms with van der Waals surface area (Å²) in [6.07, 6.45) is 0.0339. The molecule has 3 rings (SSSR count). The fraction of sp³-hybridized carbons (Fsp3) is 0.444. The third-order valence-electron chi connectivity index (χ3n) is 5.78. The highest BCUT2D eigenvalue weighted by Gasteiger charge is 2.49. The van der Waals surface area contributed by atoms with Crippen molar-refractivity contribution in [3.8, 4) is 11.8 Å². The number of halogens is 3. The van der Waals surface area contributed by atoms with Gasteiger partial charge in [0.2, 0.25) is 0 Å². The van der Waals surface area contributed by atoms with Gasteiger partial charge in [-0.3, -0.25) is 0 Å². The van der Waals surface area contributed by atoms with Crippen LogP contribution in [0.5, 0.6) is 5.75 Å². The molecule has 0 saturated carbocycles. The van der Waals surface area contributed by atoms with Crippen molar-refractivity contribution in [3.05, 3.63) is 58.7 Å². The molecule has 0 amide bonds. The van der Waals surface area contributed by atoms with Gasteiger partial charge in [-0.1, -0.05) is 12.1 Å². The summed E-state index contributed by atoms with van der Waals surface area (Å²) in [4.78, 5) is 8.82. The van der Waals surface area contributed by atoms with Crippen LogP contribution < -0.4 is 10.1 Å². The lowest BCUT2D eigenvalue weighted by molar-refractivity contribution is -0.170. The van der Waals surface area contributed by atoms with Gasteiger partial charge in [-0.2, -0.15) is 14.0 Å². The van der Waals surface area contributed by atoms with Crippen molar-refractivity contribution in [2.24, 2.45) is 0 Å². The zero-order valence-electron chi connectivity index (χ0n) is 21.7. The second-order valence-corrected chi connectivity index (χ2v) is 9.57. The van der Waals surface area contributed by atoms with E-state index in [0.29, 0.717) is 34.9 Å². The van der Waals surface area contributed by atoms with Crippen LogP contribution in [0.3, 0.4) is 0 Å². The zero-order chi connectivity index (χ0) is 27.5. The van der Waals surface area contributed by atoms with Gasteiger partial charge in [0.05, 0.1) is 35.4 Å². The van der Waals surface area contributed by atoms with E-state index in [1.54, 1.807) is 26.0 Å². The van der Waals surface area contributed by atoms with Gasteiger partial charge < -0.3 is 19.9 Å². The molecule has 0 bridgehead atoms. The summed E-state index contributed by atoms with van der Waals surface area (Å²) in [5.41, 5.74) is -2.64. The molecule has 3 aromatic rings. The lowest BCUT2D eigenvalue weighted by Crippen LogP contribution is -2.41. The van der Waals surface area contributed by atoms with Crippen molar-refractivity contribution >= 4 is 16.7 Å². The summed E-state index contributed by atoms with van der Waals surface area (Å²) < 4.78 is 56.1. The van der Waals surface area contributed by atoms with Crippen molar-refractivity contribution < 1.29 is 27.8 Å². The van der Waals surface area contributed by atoms with Crippen LogP contribution in [0.4, 0.5) is 19.0 Å². The number of hydrogen-bond acceptors (Lipinski definition) is 7. The van der Waals surface area contributed by atoms with Crippen molar-refractivity contribution in [3.63, 3.8) is 0 Å². The number of aromatic nitrogens is 2. The number of aliphatic hydroxyl groups is 1. The predicted octanol–water partition coefficient (Wildman–Crippen LogP) is 5.79. The van der Waals surface area contributed by atoms with Gasteiger partial charge in [-0.15, -0.1) is 0 Å². The van der Waals surface area contributed by atoms with Crippen LogP contribution in [0.15, 0.2) is 30.3 Å². The summed E-state index contributed by atoms with van der Waals surface area (Å²) in [6, 6.07) is 8.18. The van der Waals surface area contributed by atoms with E-state index in [2.05, 4.69) is 21.4 Å². The number of alkyl halides is 2. The van der Waals surface area contributed by atoms with Crippen molar-refractivity contribution in [1.82, 2.24) is 9.97 Å². The highest BCUT2D eigenvalue weighted by molar-refractivity contribution is 5.91. The third-order valence-corrected chi connectivity index (χ3v) is 5.78. The SMILES string of the molecule is Cc1nc(N[C@H](C)c2cccc(C(F)(F)C(C)(C)O)c2F)c2cc(OCCOC(C)C)c(C#N)cc2n1. The Bertz CT molecular complexity index is 1320. The molecule has 0 aliphatic heterocycles. The normalized spacial score (nSPS) is 13.0. The molecule has 1 aromatic heterocycles. The van der Waals surface area contributed by atoms with E-state index in [1.165, 1.54) is 12.1 Å². The molecule has 1 atom stereocenters. The van der Waals surface area contributed by atoms with E-state index in [4.69, 9.17) is 9.47 Å². The summed E-state index contributed by atoms with van der Waals surface area (Å²) in [5, 5.41) is 23.1. The molecule has 0 aliphatic rings. The number of hydrogen-bond donors (Lipinski definition) is 2. The van der Waals surface area contributed by atoms with E-state index in [-0.39, 0.29) is 23.8 Å². The number of benzene rings is 2. The molecule has 198 valence electrons. The van der Waals surface area contributed by atoms with E-state index in [0.717, 1.165) is 19.9 Å². The minimum Gasteiger partial charge on any atom is -0.490 e. The average Bonchev–Trinajstić information content (AvgIpc) is 2.80. The van der Waals surface area contributed by atoms with Crippen molar-refractivity contribution in [2.75, 3.05) is 18.5 Å². The first kappa shape index (κ1) is 28.2. The number of ether oxygens (including phenoxy) is 2. The van der Waals surface area contributed by atoms with E-state index in [9.17, 15) is 19.1 Å². The minimum absolute atomic E-state index is 0.0261. The molecule has 7 nitrogen and oxygen atoms in total. The van der Waals surface area contributed by atoms with E-state index < -0.39 is 28.9 Å². The fourth-order valence-corrected chi connectivity index (χ4v) is 3.76. The van der Waals surface area contributed by atoms with Gasteiger partial charge in [0.25, 0.3) is 0 Å². The number of anilines is 1. The first-order valence-corrected chi connectivity index (χ1v) is 11.9. The van der Waals surface area contributed by atoms with Gasteiger partial charge in [-0.25, -0.2) is 14.4 Å². The number of nitriles is 1. The van der Waals surface area contributed by atoms with Gasteiger partial charge in [0, 0.05) is 10.9 Å². The van der Waals surface area contributed by atoms with E-state index in [1.807, 2.05) is 13.8 Å². The molecule has 2 aromatic carbocycles. The standard InChI is InChI=1S/C27H31F3N4O3/c1-15(2)36-10-11-37-23-13-20-22(12-18(23)14-31)33-17(4)34-25(20)32-16(3)19-8-7-9-21(24(19)28)27(29,30)26(5,6)35/h7-9,12-13,15-16,35H,10-11H2,1-6H3,(H,32,33,34)/t16-/m1/s1. The van der Waals surface area contributed by atoms with E-state index >= 15 is 4.39 Å². The second kappa shape index (κ2) is 10.9. The summed E-state index contributed by atoms with van der Waals surface area (Å²) in [7, 11) is 0. The average molecular weight is 517 g/mol. The zero-order valence-corrected chi connectivity index (χ0v) is 21.7. The van der Waals surface area contributed by atoms with Crippen LogP contribution in [-0.4, -0.2) is 40.0 Å². The predicted molar refractivity (Wildman–Crippen MR) is 134 cm³/mol. The maximum absolute atomic E-state index is 15.3. The Balaban J connectivity index is 1.99. The number of aryl methyl sites for hydroxylation is 1. The van der Waals surface area contributed by atoms with Gasteiger partial charge in [0.1, 0.15) is 41.5 Å². The van der Waals surface area contributed by atoms with Crippen LogP contribution >= 0.6 is 0 Å². The Hall–Kier alpha value is -3.42. The maximum atomic E-state index is 15.3. The first-order valence-electron chi connectivity index (χ1n) is 11.9. The number of nitrogens with zero attached hydrogens (tertiary/aromatic N) is 3. The number of fused-ring (bicyclic) bond motifs is 1. The molecule has 2 N–H and O–H groups in total. The minimum atomic E-state index is -3.82. The first-order chi connectivity index (χ1) is 17.3. The van der Waals surface area contributed by atoms with Crippen LogP contribution in [0, 0.1) is 24.1 Å². The van der Waals surface area contributed by atoms with Crippen molar-refractivity contribution in [2.45, 2.75) is 65.2 Å². The Morgan fingerprint density at radius 2 is 1.84 bits per heavy atom.